The lowest BCUT2D eigenvalue weighted by Crippen LogP contribution is -2.47. The second kappa shape index (κ2) is 5.85. The van der Waals surface area contributed by atoms with E-state index in [9.17, 15) is 4.79 Å². The van der Waals surface area contributed by atoms with E-state index in [2.05, 4.69) is 40.1 Å². The van der Waals surface area contributed by atoms with Crippen molar-refractivity contribution in [1.29, 1.82) is 0 Å². The van der Waals surface area contributed by atoms with Gasteiger partial charge in [-0.2, -0.15) is 0 Å². The van der Waals surface area contributed by atoms with Crippen LogP contribution in [0.2, 0.25) is 0 Å². The number of benzene rings is 1. The molecule has 1 saturated heterocycles. The maximum Gasteiger partial charge on any atom is 0.251 e. The molecule has 0 saturated carbocycles. The topological polar surface area (TPSA) is 32.3 Å². The normalized spacial score (nSPS) is 24.8. The van der Waals surface area contributed by atoms with Crippen LogP contribution < -0.4 is 5.32 Å². The van der Waals surface area contributed by atoms with Gasteiger partial charge in [-0.1, -0.05) is 15.9 Å². The van der Waals surface area contributed by atoms with E-state index < -0.39 is 0 Å². The number of likely N-dealkylation sites (tertiary alicyclic amines) is 1. The van der Waals surface area contributed by atoms with Gasteiger partial charge in [-0.25, -0.2) is 0 Å². The Hall–Kier alpha value is -0.870. The van der Waals surface area contributed by atoms with Gasteiger partial charge in [0.05, 0.1) is 0 Å². The molecule has 4 heteroatoms. The van der Waals surface area contributed by atoms with E-state index in [-0.39, 0.29) is 5.91 Å². The number of nitrogens with zero attached hydrogens (tertiary/aromatic N) is 1. The summed E-state index contributed by atoms with van der Waals surface area (Å²) < 4.78 is 0.993. The minimum absolute atomic E-state index is 0.0317. The number of rotatable bonds is 2. The minimum atomic E-state index is 0.0317. The number of halogens is 1. The molecule has 18 heavy (non-hydrogen) atoms. The Balaban J connectivity index is 1.93. The van der Waals surface area contributed by atoms with Crippen molar-refractivity contribution in [1.82, 2.24) is 10.2 Å². The Labute approximate surface area is 117 Å². The lowest BCUT2D eigenvalue weighted by Gasteiger charge is -2.35. The number of amides is 1. The molecule has 0 aliphatic carbocycles. The van der Waals surface area contributed by atoms with Crippen LogP contribution in [0.3, 0.4) is 0 Å². The minimum Gasteiger partial charge on any atom is -0.349 e. The van der Waals surface area contributed by atoms with E-state index in [0.29, 0.717) is 12.1 Å². The largest absolute Gasteiger partial charge is 0.349 e. The summed E-state index contributed by atoms with van der Waals surface area (Å²) in [5, 5.41) is 3.12. The molecule has 2 atom stereocenters. The highest BCUT2D eigenvalue weighted by molar-refractivity contribution is 9.10. The second-order valence-corrected chi connectivity index (χ2v) is 5.95. The fraction of sp³-hybridized carbons (Fsp3) is 0.500. The summed E-state index contributed by atoms with van der Waals surface area (Å²) in [6, 6.07) is 8.31. The molecule has 1 heterocycles. The van der Waals surface area contributed by atoms with E-state index in [1.54, 1.807) is 0 Å². The zero-order chi connectivity index (χ0) is 13.1. The van der Waals surface area contributed by atoms with Gasteiger partial charge < -0.3 is 10.2 Å². The molecule has 98 valence electrons. The van der Waals surface area contributed by atoms with Crippen molar-refractivity contribution in [2.24, 2.45) is 0 Å². The zero-order valence-electron chi connectivity index (χ0n) is 10.8. The number of nitrogens with one attached hydrogen (secondary N) is 1. The van der Waals surface area contributed by atoms with Crippen LogP contribution in [0.25, 0.3) is 0 Å². The number of carbonyl (C=O) groups excluding carboxylic acids is 1. The van der Waals surface area contributed by atoms with E-state index in [4.69, 9.17) is 0 Å². The molecule has 2 rings (SSSR count). The van der Waals surface area contributed by atoms with Crippen molar-refractivity contribution in [3.8, 4) is 0 Å². The Bertz CT molecular complexity index is 418. The first-order valence-electron chi connectivity index (χ1n) is 6.33. The van der Waals surface area contributed by atoms with Crippen LogP contribution in [0.1, 0.15) is 30.1 Å². The van der Waals surface area contributed by atoms with Gasteiger partial charge in [0, 0.05) is 28.7 Å². The maximum atomic E-state index is 12.1. The molecule has 3 nitrogen and oxygen atoms in total. The van der Waals surface area contributed by atoms with Crippen LogP contribution in [-0.2, 0) is 0 Å². The van der Waals surface area contributed by atoms with Gasteiger partial charge in [-0.3, -0.25) is 4.79 Å². The fourth-order valence-electron chi connectivity index (χ4n) is 2.29. The molecule has 1 N–H and O–H groups in total. The van der Waals surface area contributed by atoms with Gasteiger partial charge in [0.25, 0.3) is 5.91 Å². The molecule has 0 aromatic heterocycles. The highest BCUT2D eigenvalue weighted by Crippen LogP contribution is 2.16. The Morgan fingerprint density at radius 3 is 2.67 bits per heavy atom. The fourth-order valence-corrected chi connectivity index (χ4v) is 2.55. The van der Waals surface area contributed by atoms with Crippen molar-refractivity contribution in [2.45, 2.75) is 31.8 Å². The number of carbonyl (C=O) groups is 1. The zero-order valence-corrected chi connectivity index (χ0v) is 12.4. The first-order valence-corrected chi connectivity index (χ1v) is 7.12. The summed E-state index contributed by atoms with van der Waals surface area (Å²) in [5.74, 6) is 0.0317. The molecule has 1 aromatic rings. The van der Waals surface area contributed by atoms with Crippen LogP contribution in [0.15, 0.2) is 28.7 Å². The summed E-state index contributed by atoms with van der Waals surface area (Å²) in [7, 11) is 2.14. The lowest BCUT2D eigenvalue weighted by atomic mass is 9.98. The smallest absolute Gasteiger partial charge is 0.251 e. The monoisotopic (exact) mass is 310 g/mol. The molecule has 1 amide bonds. The first kappa shape index (κ1) is 13.6. The molecule has 2 unspecified atom stereocenters. The predicted molar refractivity (Wildman–Crippen MR) is 76.7 cm³/mol. The SMILES string of the molecule is CC1CC(NC(=O)c2ccc(Br)cc2)CCN1C. The quantitative estimate of drug-likeness (QED) is 0.911. The van der Waals surface area contributed by atoms with E-state index in [1.807, 2.05) is 24.3 Å². The molecule has 1 fully saturated rings. The van der Waals surface area contributed by atoms with Gasteiger partial charge in [0.2, 0.25) is 0 Å². The Morgan fingerprint density at radius 2 is 2.06 bits per heavy atom. The number of hydrogen-bond acceptors (Lipinski definition) is 2. The van der Waals surface area contributed by atoms with Crippen molar-refractivity contribution in [3.05, 3.63) is 34.3 Å². The lowest BCUT2D eigenvalue weighted by molar-refractivity contribution is 0.0896. The van der Waals surface area contributed by atoms with Gasteiger partial charge >= 0.3 is 0 Å². The van der Waals surface area contributed by atoms with Gasteiger partial charge in [-0.15, -0.1) is 0 Å². The predicted octanol–water partition coefficient (Wildman–Crippen LogP) is 2.66. The van der Waals surface area contributed by atoms with E-state index in [0.717, 1.165) is 29.4 Å². The van der Waals surface area contributed by atoms with Crippen molar-refractivity contribution in [2.75, 3.05) is 13.6 Å². The standard InChI is InChI=1S/C14H19BrN2O/c1-10-9-13(7-8-17(10)2)16-14(18)11-3-5-12(15)6-4-11/h3-6,10,13H,7-9H2,1-2H3,(H,16,18). The highest BCUT2D eigenvalue weighted by Gasteiger charge is 2.24. The molecule has 0 bridgehead atoms. The van der Waals surface area contributed by atoms with Crippen LogP contribution in [0.4, 0.5) is 0 Å². The van der Waals surface area contributed by atoms with Crippen LogP contribution >= 0.6 is 15.9 Å². The molecule has 1 aromatic carbocycles. The average Bonchev–Trinajstić information content (AvgIpc) is 2.34. The molecular weight excluding hydrogens is 292 g/mol. The van der Waals surface area contributed by atoms with Gasteiger partial charge in [0.1, 0.15) is 0 Å². The summed E-state index contributed by atoms with van der Waals surface area (Å²) in [6.45, 7) is 3.25. The van der Waals surface area contributed by atoms with E-state index >= 15 is 0 Å². The summed E-state index contributed by atoms with van der Waals surface area (Å²) in [5.41, 5.74) is 0.727. The maximum absolute atomic E-state index is 12.1. The molecule has 1 aliphatic rings. The highest BCUT2D eigenvalue weighted by atomic mass is 79.9. The molecule has 0 radical (unpaired) electrons. The van der Waals surface area contributed by atoms with Gasteiger partial charge in [0.15, 0.2) is 0 Å². The number of piperidine rings is 1. The Kier molecular flexibility index (Phi) is 4.40. The third-order valence-electron chi connectivity index (χ3n) is 3.65. The van der Waals surface area contributed by atoms with Crippen LogP contribution in [-0.4, -0.2) is 36.5 Å². The molecular formula is C14H19BrN2O. The van der Waals surface area contributed by atoms with Crippen LogP contribution in [0.5, 0.6) is 0 Å². The van der Waals surface area contributed by atoms with E-state index in [1.165, 1.54) is 0 Å². The molecule has 0 spiro atoms. The van der Waals surface area contributed by atoms with Crippen molar-refractivity contribution in [3.63, 3.8) is 0 Å². The Morgan fingerprint density at radius 1 is 1.39 bits per heavy atom. The van der Waals surface area contributed by atoms with Gasteiger partial charge in [-0.05, 0) is 51.1 Å². The molecule has 1 aliphatic heterocycles. The number of hydrogen-bond donors (Lipinski definition) is 1. The van der Waals surface area contributed by atoms with Crippen LogP contribution in [0, 0.1) is 0 Å². The summed E-state index contributed by atoms with van der Waals surface area (Å²) >= 11 is 3.37. The third-order valence-corrected chi connectivity index (χ3v) is 4.18. The first-order chi connectivity index (χ1) is 8.56. The van der Waals surface area contributed by atoms with Crippen molar-refractivity contribution >= 4 is 21.8 Å². The second-order valence-electron chi connectivity index (χ2n) is 5.03. The van der Waals surface area contributed by atoms with Crippen molar-refractivity contribution < 1.29 is 4.79 Å². The third kappa shape index (κ3) is 3.33. The summed E-state index contributed by atoms with van der Waals surface area (Å²) in [4.78, 5) is 14.4. The summed E-state index contributed by atoms with van der Waals surface area (Å²) in [6.07, 6.45) is 2.06. The average molecular weight is 311 g/mol.